The van der Waals surface area contributed by atoms with Crippen LogP contribution in [0.2, 0.25) is 0 Å². The highest BCUT2D eigenvalue weighted by atomic mass is 19.4. The van der Waals surface area contributed by atoms with Gasteiger partial charge in [0.2, 0.25) is 0 Å². The van der Waals surface area contributed by atoms with E-state index in [9.17, 15) is 18.0 Å². The summed E-state index contributed by atoms with van der Waals surface area (Å²) in [4.78, 5) is 13.9. The zero-order valence-corrected chi connectivity index (χ0v) is 14.0. The summed E-state index contributed by atoms with van der Waals surface area (Å²) in [7, 11) is 0. The lowest BCUT2D eigenvalue weighted by Crippen LogP contribution is -2.46. The van der Waals surface area contributed by atoms with Crippen LogP contribution < -0.4 is 0 Å². The zero-order valence-electron chi connectivity index (χ0n) is 14.0. The fourth-order valence-corrected chi connectivity index (χ4v) is 2.76. The van der Waals surface area contributed by atoms with E-state index in [0.29, 0.717) is 0 Å². The van der Waals surface area contributed by atoms with E-state index < -0.39 is 30.2 Å². The Labute approximate surface area is 139 Å². The molecule has 0 bridgehead atoms. The number of benzene rings is 1. The predicted octanol–water partition coefficient (Wildman–Crippen LogP) is 4.66. The lowest BCUT2D eigenvalue weighted by Gasteiger charge is -2.40. The number of hydrogen-bond acceptors (Lipinski definition) is 3. The molecule has 0 N–H and O–H groups in total. The summed E-state index contributed by atoms with van der Waals surface area (Å²) in [6.07, 6.45) is -6.00. The normalized spacial score (nSPS) is 22.3. The van der Waals surface area contributed by atoms with Gasteiger partial charge >= 0.3 is 12.5 Å². The summed E-state index contributed by atoms with van der Waals surface area (Å²) in [6, 6.07) is 8.46. The Bertz CT molecular complexity index is 554. The second kappa shape index (κ2) is 7.01. The van der Waals surface area contributed by atoms with Crippen LogP contribution in [0, 0.1) is 0 Å². The van der Waals surface area contributed by atoms with E-state index in [2.05, 4.69) is 4.74 Å². The minimum absolute atomic E-state index is 0.0722. The molecular formula is C17H22F3NO3. The van der Waals surface area contributed by atoms with Gasteiger partial charge in [-0.3, -0.25) is 4.74 Å². The standard InChI is InChI=1S/C17H22F3NO3/c1-16(2,3)24-15(22)21-10-9-13(23-17(18,19)20)11-14(21)12-7-5-4-6-8-12/h4-8,13-14H,9-11H2,1-3H3. The number of ether oxygens (including phenoxy) is 2. The van der Waals surface area contributed by atoms with Crippen LogP contribution >= 0.6 is 0 Å². The molecule has 2 rings (SSSR count). The monoisotopic (exact) mass is 345 g/mol. The SMILES string of the molecule is CC(C)(C)OC(=O)N1CCC(OC(F)(F)F)CC1c1ccccc1. The largest absolute Gasteiger partial charge is 0.522 e. The molecule has 1 aromatic carbocycles. The highest BCUT2D eigenvalue weighted by Gasteiger charge is 2.40. The second-order valence-electron chi connectivity index (χ2n) is 6.81. The number of piperidine rings is 1. The molecule has 0 saturated carbocycles. The Morgan fingerprint density at radius 1 is 1.17 bits per heavy atom. The second-order valence-corrected chi connectivity index (χ2v) is 6.81. The van der Waals surface area contributed by atoms with E-state index in [1.54, 1.807) is 45.0 Å². The number of carbonyl (C=O) groups excluding carboxylic acids is 1. The van der Waals surface area contributed by atoms with E-state index in [1.165, 1.54) is 4.90 Å². The number of alkyl halides is 3. The van der Waals surface area contributed by atoms with Crippen molar-refractivity contribution in [1.82, 2.24) is 4.90 Å². The first-order chi connectivity index (χ1) is 11.1. The van der Waals surface area contributed by atoms with Crippen LogP contribution in [-0.2, 0) is 9.47 Å². The molecule has 4 nitrogen and oxygen atoms in total. The Morgan fingerprint density at radius 2 is 1.79 bits per heavy atom. The van der Waals surface area contributed by atoms with Gasteiger partial charge in [-0.15, -0.1) is 13.2 Å². The van der Waals surface area contributed by atoms with Crippen molar-refractivity contribution in [1.29, 1.82) is 0 Å². The molecule has 1 aliphatic heterocycles. The molecule has 1 aromatic rings. The van der Waals surface area contributed by atoms with E-state index in [-0.39, 0.29) is 19.4 Å². The molecule has 24 heavy (non-hydrogen) atoms. The van der Waals surface area contributed by atoms with E-state index in [1.807, 2.05) is 6.07 Å². The summed E-state index contributed by atoms with van der Waals surface area (Å²) in [5.74, 6) is 0. The third-order valence-electron chi connectivity index (χ3n) is 3.67. The smallest absolute Gasteiger partial charge is 0.444 e. The number of rotatable bonds is 2. The topological polar surface area (TPSA) is 38.8 Å². The van der Waals surface area contributed by atoms with Gasteiger partial charge in [0, 0.05) is 6.54 Å². The Hall–Kier alpha value is -1.76. The number of carbonyl (C=O) groups is 1. The summed E-state index contributed by atoms with van der Waals surface area (Å²) >= 11 is 0. The summed E-state index contributed by atoms with van der Waals surface area (Å²) in [5, 5.41) is 0. The highest BCUT2D eigenvalue weighted by Crippen LogP contribution is 2.35. The van der Waals surface area contributed by atoms with Gasteiger partial charge in [-0.25, -0.2) is 4.79 Å². The van der Waals surface area contributed by atoms with Crippen molar-refractivity contribution in [2.45, 2.75) is 57.7 Å². The number of hydrogen-bond donors (Lipinski definition) is 0. The van der Waals surface area contributed by atoms with E-state index >= 15 is 0 Å². The summed E-state index contributed by atoms with van der Waals surface area (Å²) in [5.41, 5.74) is 0.0938. The number of amides is 1. The van der Waals surface area contributed by atoms with Gasteiger partial charge < -0.3 is 9.64 Å². The zero-order chi connectivity index (χ0) is 18.0. The Morgan fingerprint density at radius 3 is 2.33 bits per heavy atom. The minimum Gasteiger partial charge on any atom is -0.444 e. The lowest BCUT2D eigenvalue weighted by atomic mass is 9.93. The van der Waals surface area contributed by atoms with Crippen LogP contribution in [0.15, 0.2) is 30.3 Å². The molecular weight excluding hydrogens is 323 g/mol. The Balaban J connectivity index is 2.19. The average Bonchev–Trinajstić information content (AvgIpc) is 2.44. The molecule has 0 aromatic heterocycles. The molecule has 0 aliphatic carbocycles. The van der Waals surface area contributed by atoms with Crippen LogP contribution in [0.5, 0.6) is 0 Å². The highest BCUT2D eigenvalue weighted by molar-refractivity contribution is 5.69. The molecule has 0 spiro atoms. The van der Waals surface area contributed by atoms with Gasteiger partial charge in [0.15, 0.2) is 0 Å². The molecule has 134 valence electrons. The predicted molar refractivity (Wildman–Crippen MR) is 82.3 cm³/mol. The van der Waals surface area contributed by atoms with Crippen molar-refractivity contribution in [3.63, 3.8) is 0 Å². The number of halogens is 3. The van der Waals surface area contributed by atoms with Gasteiger partial charge in [0.05, 0.1) is 12.1 Å². The van der Waals surface area contributed by atoms with Crippen LogP contribution in [0.4, 0.5) is 18.0 Å². The third-order valence-corrected chi connectivity index (χ3v) is 3.67. The van der Waals surface area contributed by atoms with Crippen LogP contribution in [-0.4, -0.2) is 35.6 Å². The molecule has 1 fully saturated rings. The fourth-order valence-electron chi connectivity index (χ4n) is 2.76. The van der Waals surface area contributed by atoms with Crippen molar-refractivity contribution in [2.75, 3.05) is 6.54 Å². The fraction of sp³-hybridized carbons (Fsp3) is 0.588. The molecule has 1 heterocycles. The van der Waals surface area contributed by atoms with Gasteiger partial charge in [-0.2, -0.15) is 0 Å². The van der Waals surface area contributed by atoms with Gasteiger partial charge in [0.1, 0.15) is 5.60 Å². The van der Waals surface area contributed by atoms with Crippen LogP contribution in [0.3, 0.4) is 0 Å². The lowest BCUT2D eigenvalue weighted by molar-refractivity contribution is -0.346. The quantitative estimate of drug-likeness (QED) is 0.782. The number of likely N-dealkylation sites (tertiary alicyclic amines) is 1. The molecule has 0 radical (unpaired) electrons. The molecule has 1 amide bonds. The van der Waals surface area contributed by atoms with Crippen LogP contribution in [0.1, 0.15) is 45.2 Å². The van der Waals surface area contributed by atoms with Crippen molar-refractivity contribution >= 4 is 6.09 Å². The van der Waals surface area contributed by atoms with Crippen molar-refractivity contribution in [2.24, 2.45) is 0 Å². The molecule has 2 atom stereocenters. The molecule has 1 saturated heterocycles. The maximum absolute atomic E-state index is 12.5. The number of nitrogens with zero attached hydrogens (tertiary/aromatic N) is 1. The van der Waals surface area contributed by atoms with Crippen molar-refractivity contribution < 1.29 is 27.4 Å². The maximum atomic E-state index is 12.5. The first-order valence-corrected chi connectivity index (χ1v) is 7.84. The van der Waals surface area contributed by atoms with Gasteiger partial charge in [-0.1, -0.05) is 30.3 Å². The summed E-state index contributed by atoms with van der Waals surface area (Å²) < 4.78 is 47.1. The Kier molecular flexibility index (Phi) is 5.42. The van der Waals surface area contributed by atoms with Crippen molar-refractivity contribution in [3.8, 4) is 0 Å². The van der Waals surface area contributed by atoms with Gasteiger partial charge in [0.25, 0.3) is 0 Å². The summed E-state index contributed by atoms with van der Waals surface area (Å²) in [6.45, 7) is 5.40. The maximum Gasteiger partial charge on any atom is 0.522 e. The first-order valence-electron chi connectivity index (χ1n) is 7.84. The van der Waals surface area contributed by atoms with Crippen LogP contribution in [0.25, 0.3) is 0 Å². The molecule has 7 heteroatoms. The third kappa shape index (κ3) is 5.40. The van der Waals surface area contributed by atoms with E-state index in [0.717, 1.165) is 5.56 Å². The molecule has 2 unspecified atom stereocenters. The minimum atomic E-state index is -4.68. The molecule has 1 aliphatic rings. The van der Waals surface area contributed by atoms with E-state index in [4.69, 9.17) is 4.74 Å². The first kappa shape index (κ1) is 18.6. The van der Waals surface area contributed by atoms with Gasteiger partial charge in [-0.05, 0) is 39.2 Å². The van der Waals surface area contributed by atoms with Crippen molar-refractivity contribution in [3.05, 3.63) is 35.9 Å². The average molecular weight is 345 g/mol.